The number of hydrogen-bond donors (Lipinski definition) is 4. The van der Waals surface area contributed by atoms with Crippen molar-refractivity contribution >= 4 is 35.0 Å². The molecular formula is C55H55N11O5S. The fourth-order valence-electron chi connectivity index (χ4n) is 9.40. The summed E-state index contributed by atoms with van der Waals surface area (Å²) in [4.78, 5) is 91.3. The molecule has 16 nitrogen and oxygen atoms in total. The van der Waals surface area contributed by atoms with Gasteiger partial charge in [0.15, 0.2) is 0 Å². The number of thiophene rings is 1. The largest absolute Gasteiger partial charge is 0.481 e. The summed E-state index contributed by atoms with van der Waals surface area (Å²) >= 11 is 1.61. The molecule has 0 radical (unpaired) electrons. The number of aromatic nitrogens is 6. The molecule has 366 valence electrons. The Balaban J connectivity index is 1.03. The summed E-state index contributed by atoms with van der Waals surface area (Å²) in [6.07, 6.45) is 4.87. The van der Waals surface area contributed by atoms with Gasteiger partial charge in [-0.1, -0.05) is 30.7 Å². The minimum atomic E-state index is -0.864. The van der Waals surface area contributed by atoms with E-state index in [1.54, 1.807) is 29.5 Å². The molecule has 0 spiro atoms. The van der Waals surface area contributed by atoms with E-state index in [1.807, 2.05) is 91.0 Å². The van der Waals surface area contributed by atoms with Crippen LogP contribution in [0.25, 0.3) is 34.2 Å². The quantitative estimate of drug-likeness (QED) is 0.103. The highest BCUT2D eigenvalue weighted by molar-refractivity contribution is 7.12. The van der Waals surface area contributed by atoms with Crippen molar-refractivity contribution in [3.05, 3.63) is 164 Å². The molecule has 4 aliphatic heterocycles. The van der Waals surface area contributed by atoms with Crippen LogP contribution in [-0.2, 0) is 61.8 Å². The molecule has 0 fully saturated rings. The Bertz CT molecular complexity index is 3050. The normalized spacial score (nSPS) is 17.8. The Hall–Kier alpha value is -7.60. The number of pyridine rings is 6. The molecule has 1 atom stereocenters. The molecule has 0 aliphatic carbocycles. The average molecular weight is 982 g/mol. The van der Waals surface area contributed by atoms with Crippen LogP contribution in [0.3, 0.4) is 0 Å². The van der Waals surface area contributed by atoms with Crippen LogP contribution in [0.4, 0.5) is 0 Å². The second-order valence-electron chi connectivity index (χ2n) is 18.6. The Kier molecular flexibility index (Phi) is 14.8. The number of nitrogens with zero attached hydrogens (tertiary/aromatic N) is 8. The van der Waals surface area contributed by atoms with Gasteiger partial charge in [0.05, 0.1) is 74.9 Å². The molecule has 11 heterocycles. The van der Waals surface area contributed by atoms with Crippen molar-refractivity contribution in [2.75, 3.05) is 6.54 Å². The summed E-state index contributed by atoms with van der Waals surface area (Å²) in [5.41, 5.74) is 8.93. The van der Waals surface area contributed by atoms with Crippen molar-refractivity contribution in [1.29, 1.82) is 0 Å². The number of carboxylic acids is 1. The second kappa shape index (κ2) is 22.2. The van der Waals surface area contributed by atoms with Crippen LogP contribution in [0, 0.1) is 0 Å². The Morgan fingerprint density at radius 3 is 1.58 bits per heavy atom. The van der Waals surface area contributed by atoms with E-state index in [0.717, 1.165) is 69.7 Å². The lowest BCUT2D eigenvalue weighted by Crippen LogP contribution is -2.46. The lowest BCUT2D eigenvalue weighted by molar-refractivity contribution is -0.137. The van der Waals surface area contributed by atoms with Gasteiger partial charge in [0, 0.05) is 73.1 Å². The molecule has 3 amide bonds. The van der Waals surface area contributed by atoms with Crippen LogP contribution >= 0.6 is 11.3 Å². The number of fused-ring (bicyclic) bond motifs is 2. The number of carbonyl (C=O) groups excluding carboxylic acids is 3. The van der Waals surface area contributed by atoms with Crippen molar-refractivity contribution in [2.45, 2.75) is 103 Å². The molecule has 72 heavy (non-hydrogen) atoms. The van der Waals surface area contributed by atoms with Crippen molar-refractivity contribution in [3.8, 4) is 34.2 Å². The van der Waals surface area contributed by atoms with Gasteiger partial charge >= 0.3 is 5.97 Å². The van der Waals surface area contributed by atoms with Crippen LogP contribution in [0.2, 0.25) is 0 Å². The third kappa shape index (κ3) is 12.3. The molecule has 1 unspecified atom stereocenters. The maximum atomic E-state index is 14.7. The lowest BCUT2D eigenvalue weighted by atomic mass is 10.1. The van der Waals surface area contributed by atoms with Crippen LogP contribution < -0.4 is 16.0 Å². The predicted molar refractivity (Wildman–Crippen MR) is 272 cm³/mol. The van der Waals surface area contributed by atoms with Gasteiger partial charge < -0.3 is 21.1 Å². The predicted octanol–water partition coefficient (Wildman–Crippen LogP) is 7.67. The molecule has 0 saturated carbocycles. The fourth-order valence-corrected chi connectivity index (χ4v) is 10.4. The first kappa shape index (κ1) is 48.0. The van der Waals surface area contributed by atoms with Gasteiger partial charge in [-0.3, -0.25) is 29.0 Å². The van der Waals surface area contributed by atoms with Gasteiger partial charge in [0.25, 0.3) is 11.8 Å². The van der Waals surface area contributed by atoms with Gasteiger partial charge in [-0.15, -0.1) is 11.3 Å². The van der Waals surface area contributed by atoms with Crippen LogP contribution in [-0.4, -0.2) is 81.1 Å². The van der Waals surface area contributed by atoms with E-state index < -0.39 is 17.9 Å². The van der Waals surface area contributed by atoms with Gasteiger partial charge in [0.1, 0.15) is 6.04 Å². The monoisotopic (exact) mass is 981 g/mol. The van der Waals surface area contributed by atoms with Crippen LogP contribution in [0.15, 0.2) is 109 Å². The first-order valence-electron chi connectivity index (χ1n) is 24.6. The zero-order valence-electron chi connectivity index (χ0n) is 39.8. The highest BCUT2D eigenvalue weighted by atomic mass is 32.1. The van der Waals surface area contributed by atoms with Crippen molar-refractivity contribution in [1.82, 2.24) is 55.7 Å². The molecule has 11 rings (SSSR count). The molecule has 0 saturated heterocycles. The highest BCUT2D eigenvalue weighted by Crippen LogP contribution is 2.27. The van der Waals surface area contributed by atoms with Crippen molar-refractivity contribution in [2.24, 2.45) is 0 Å². The van der Waals surface area contributed by atoms with E-state index in [1.165, 1.54) is 4.88 Å². The lowest BCUT2D eigenvalue weighted by Gasteiger charge is -2.24. The van der Waals surface area contributed by atoms with Crippen LogP contribution in [0.1, 0.15) is 110 Å². The number of hydrogen-bond acceptors (Lipinski definition) is 13. The Morgan fingerprint density at radius 2 is 1.06 bits per heavy atom. The minimum Gasteiger partial charge on any atom is -0.481 e. The Morgan fingerprint density at radius 1 is 0.569 bits per heavy atom. The Labute approximate surface area is 421 Å². The molecule has 4 N–H and O–H groups in total. The third-order valence-corrected chi connectivity index (χ3v) is 14.0. The van der Waals surface area contributed by atoms with E-state index in [-0.39, 0.29) is 24.8 Å². The number of rotatable bonds is 9. The van der Waals surface area contributed by atoms with E-state index in [4.69, 9.17) is 35.0 Å². The standard InChI is InChI=1S/C55H55N11O5S/c67-52(68)20-3-1-2-14-43-21-22-44(72-43)28-57-55(71)49-15-4-5-23-56-53(69)35-24-41-33-65-29-37-10-6-16-45(58-37)47-18-8-12-39(60-47)31-66(32-40-13-9-19-48(61-40)46-17-7-11-38(30-65)59-46)34-42-25-36(54(70)64-49)27-51(63-42)50(26-35)62-41/h6-13,16-19,21-22,24-27,49H,1-5,14-15,20,23,28-34H2,(H,56,69)(H,57,71)(H,64,70)(H,67,68). The van der Waals surface area contributed by atoms with Crippen LogP contribution in [0.5, 0.6) is 0 Å². The summed E-state index contributed by atoms with van der Waals surface area (Å²) in [7, 11) is 0. The molecule has 4 aliphatic rings. The number of nitrogens with one attached hydrogen (secondary N) is 3. The number of carboxylic acid groups (broad SMARTS) is 1. The molecule has 0 aromatic carbocycles. The summed E-state index contributed by atoms with van der Waals surface area (Å²) in [6, 6.07) is 34.0. The number of aliphatic carboxylic acids is 1. The van der Waals surface area contributed by atoms with E-state index in [0.29, 0.717) is 105 Å². The van der Waals surface area contributed by atoms with Gasteiger partial charge in [-0.05, 0) is 123 Å². The third-order valence-electron chi connectivity index (χ3n) is 12.9. The summed E-state index contributed by atoms with van der Waals surface area (Å²) in [5.74, 6) is -1.79. The maximum absolute atomic E-state index is 14.7. The SMILES string of the molecule is O=C(O)CCCCCc1ccc(CNC(=O)C2CCCCNC(=O)c3cc4nc(c3)-c3cc(cc(n3)CN3Cc5cccc(n5)-c5cccc(n5)CN(Cc5cccc(n5)-c5cccc(n5)C3)C4)C(=O)N2)s1. The van der Waals surface area contributed by atoms with E-state index in [9.17, 15) is 19.2 Å². The van der Waals surface area contributed by atoms with Crippen molar-refractivity contribution < 1.29 is 24.3 Å². The topological polar surface area (TPSA) is 208 Å². The molecule has 7 aromatic rings. The summed E-state index contributed by atoms with van der Waals surface area (Å²) < 4.78 is 0. The molecule has 7 aromatic heterocycles. The first-order valence-corrected chi connectivity index (χ1v) is 25.4. The van der Waals surface area contributed by atoms with E-state index >= 15 is 0 Å². The zero-order valence-corrected chi connectivity index (χ0v) is 40.7. The van der Waals surface area contributed by atoms with Gasteiger partial charge in [-0.2, -0.15) is 0 Å². The first-order chi connectivity index (χ1) is 35.1. The number of amides is 3. The van der Waals surface area contributed by atoms with Gasteiger partial charge in [-0.25, -0.2) is 29.9 Å². The number of aryl methyl sites for hydroxylation is 1. The highest BCUT2D eigenvalue weighted by Gasteiger charge is 2.25. The van der Waals surface area contributed by atoms with Gasteiger partial charge in [0.2, 0.25) is 5.91 Å². The average Bonchev–Trinajstić information content (AvgIpc) is 3.84. The maximum Gasteiger partial charge on any atom is 0.303 e. The zero-order chi connectivity index (χ0) is 49.4. The summed E-state index contributed by atoms with van der Waals surface area (Å²) in [6.45, 7) is 2.88. The number of unbranched alkanes of at least 4 members (excludes halogenated alkanes) is 2. The minimum absolute atomic E-state index is 0.171. The molecule has 16 bridgehead atoms. The fraction of sp³-hybridized carbons (Fsp3) is 0.309. The second-order valence-corrected chi connectivity index (χ2v) is 19.9. The molecular weight excluding hydrogens is 927 g/mol. The summed E-state index contributed by atoms with van der Waals surface area (Å²) in [5, 5.41) is 18.2. The number of carbonyl (C=O) groups is 4. The smallest absolute Gasteiger partial charge is 0.303 e. The molecule has 17 heteroatoms. The van der Waals surface area contributed by atoms with Crippen molar-refractivity contribution in [3.63, 3.8) is 0 Å². The van der Waals surface area contributed by atoms with E-state index in [2.05, 4.69) is 25.8 Å².